The first kappa shape index (κ1) is 24.9. The van der Waals surface area contributed by atoms with E-state index in [1.54, 1.807) is 31.4 Å². The van der Waals surface area contributed by atoms with Crippen LogP contribution in [-0.4, -0.2) is 44.4 Å². The van der Waals surface area contributed by atoms with Crippen LogP contribution in [0, 0.1) is 11.6 Å². The number of nitrogens with zero attached hydrogens (tertiary/aromatic N) is 1. The van der Waals surface area contributed by atoms with Crippen LogP contribution in [0.25, 0.3) is 0 Å². The molecular formula is C20H26F2IN3O3. The fraction of sp³-hybridized carbons (Fsp3) is 0.350. The summed E-state index contributed by atoms with van der Waals surface area (Å²) in [7, 11) is 1.58. The Kier molecular flexibility index (Phi) is 11.3. The molecule has 0 aromatic heterocycles. The van der Waals surface area contributed by atoms with Gasteiger partial charge in [-0.2, -0.15) is 0 Å². The highest BCUT2D eigenvalue weighted by Crippen LogP contribution is 2.18. The molecule has 29 heavy (non-hydrogen) atoms. The van der Waals surface area contributed by atoms with Crippen molar-refractivity contribution in [2.24, 2.45) is 4.99 Å². The van der Waals surface area contributed by atoms with Crippen molar-refractivity contribution in [3.05, 3.63) is 59.7 Å². The number of guanidine groups is 1. The molecule has 0 heterocycles. The van der Waals surface area contributed by atoms with Gasteiger partial charge in [-0.1, -0.05) is 12.1 Å². The van der Waals surface area contributed by atoms with Crippen LogP contribution in [0.2, 0.25) is 0 Å². The minimum absolute atomic E-state index is 0. The van der Waals surface area contributed by atoms with Crippen LogP contribution < -0.4 is 20.1 Å². The van der Waals surface area contributed by atoms with Gasteiger partial charge in [-0.15, -0.1) is 24.0 Å². The fourth-order valence-corrected chi connectivity index (χ4v) is 2.37. The first-order chi connectivity index (χ1) is 13.5. The van der Waals surface area contributed by atoms with Crippen LogP contribution >= 0.6 is 24.0 Å². The van der Waals surface area contributed by atoms with Crippen LogP contribution in [0.3, 0.4) is 0 Å². The van der Waals surface area contributed by atoms with Gasteiger partial charge in [-0.05, 0) is 36.8 Å². The molecule has 1 unspecified atom stereocenters. The first-order valence-corrected chi connectivity index (χ1v) is 8.95. The summed E-state index contributed by atoms with van der Waals surface area (Å²) in [6, 6.07) is 10.3. The van der Waals surface area contributed by atoms with Crippen molar-refractivity contribution in [1.82, 2.24) is 10.6 Å². The normalized spacial score (nSPS) is 12.0. The van der Waals surface area contributed by atoms with Gasteiger partial charge in [-0.25, -0.2) is 8.78 Å². The molecule has 2 aromatic rings. The van der Waals surface area contributed by atoms with E-state index < -0.39 is 17.7 Å². The Labute approximate surface area is 186 Å². The second-order valence-corrected chi connectivity index (χ2v) is 5.86. The Balaban J connectivity index is 0.00000420. The van der Waals surface area contributed by atoms with Crippen molar-refractivity contribution in [2.75, 3.05) is 33.4 Å². The maximum absolute atomic E-state index is 13.5. The molecule has 0 saturated carbocycles. The van der Waals surface area contributed by atoms with Gasteiger partial charge in [0.2, 0.25) is 0 Å². The van der Waals surface area contributed by atoms with Gasteiger partial charge >= 0.3 is 0 Å². The molecule has 2 aromatic carbocycles. The Bertz CT molecular complexity index is 776. The zero-order chi connectivity index (χ0) is 20.4. The van der Waals surface area contributed by atoms with Crippen molar-refractivity contribution in [2.45, 2.75) is 13.0 Å². The summed E-state index contributed by atoms with van der Waals surface area (Å²) >= 11 is 0. The number of aliphatic hydroxyl groups excluding tert-OH is 1. The molecule has 1 atom stereocenters. The number of nitrogens with one attached hydrogen (secondary N) is 2. The Morgan fingerprint density at radius 1 is 1.14 bits per heavy atom. The number of aliphatic imine (C=N–C) groups is 1. The van der Waals surface area contributed by atoms with Crippen molar-refractivity contribution in [3.8, 4) is 11.5 Å². The molecule has 0 bridgehead atoms. The van der Waals surface area contributed by atoms with E-state index in [4.69, 9.17) is 9.47 Å². The van der Waals surface area contributed by atoms with E-state index in [1.165, 1.54) is 6.07 Å². The zero-order valence-corrected chi connectivity index (χ0v) is 18.7. The third kappa shape index (κ3) is 8.40. The van der Waals surface area contributed by atoms with Crippen molar-refractivity contribution >= 4 is 29.9 Å². The van der Waals surface area contributed by atoms with Crippen LogP contribution in [0.1, 0.15) is 18.6 Å². The number of methoxy groups -OCH3 is 1. The molecule has 3 N–H and O–H groups in total. The predicted molar refractivity (Wildman–Crippen MR) is 119 cm³/mol. The van der Waals surface area contributed by atoms with Gasteiger partial charge in [0.25, 0.3) is 0 Å². The van der Waals surface area contributed by atoms with Gasteiger partial charge in [0.1, 0.15) is 18.2 Å². The van der Waals surface area contributed by atoms with E-state index in [0.717, 1.165) is 17.7 Å². The summed E-state index contributed by atoms with van der Waals surface area (Å²) in [5, 5.41) is 16.4. The van der Waals surface area contributed by atoms with Crippen LogP contribution in [0.5, 0.6) is 11.5 Å². The molecule has 0 aliphatic rings. The molecular weight excluding hydrogens is 495 g/mol. The number of aliphatic hydroxyl groups is 1. The fourth-order valence-electron chi connectivity index (χ4n) is 2.37. The number of benzene rings is 2. The lowest BCUT2D eigenvalue weighted by Gasteiger charge is -2.14. The van der Waals surface area contributed by atoms with E-state index >= 15 is 0 Å². The number of hydrogen-bond donors (Lipinski definition) is 3. The molecule has 0 spiro atoms. The summed E-state index contributed by atoms with van der Waals surface area (Å²) in [6.45, 7) is 3.23. The monoisotopic (exact) mass is 521 g/mol. The highest BCUT2D eigenvalue weighted by Gasteiger charge is 2.08. The van der Waals surface area contributed by atoms with Crippen molar-refractivity contribution in [1.29, 1.82) is 0 Å². The van der Waals surface area contributed by atoms with E-state index in [2.05, 4.69) is 15.6 Å². The zero-order valence-electron chi connectivity index (χ0n) is 16.3. The van der Waals surface area contributed by atoms with Crippen molar-refractivity contribution in [3.63, 3.8) is 0 Å². The van der Waals surface area contributed by atoms with Crippen LogP contribution in [0.15, 0.2) is 47.5 Å². The maximum Gasteiger partial charge on any atom is 0.191 e. The van der Waals surface area contributed by atoms with E-state index in [9.17, 15) is 13.9 Å². The summed E-state index contributed by atoms with van der Waals surface area (Å²) < 4.78 is 36.8. The highest BCUT2D eigenvalue weighted by atomic mass is 127. The molecule has 0 radical (unpaired) electrons. The third-order valence-corrected chi connectivity index (χ3v) is 3.81. The molecule has 0 aliphatic carbocycles. The Morgan fingerprint density at radius 3 is 2.48 bits per heavy atom. The minimum atomic E-state index is -0.758. The molecule has 0 fully saturated rings. The quantitative estimate of drug-likeness (QED) is 0.205. The van der Waals surface area contributed by atoms with E-state index in [1.807, 2.05) is 6.92 Å². The molecule has 9 heteroatoms. The average Bonchev–Trinajstić information content (AvgIpc) is 2.70. The number of rotatable bonds is 9. The van der Waals surface area contributed by atoms with E-state index in [0.29, 0.717) is 24.8 Å². The summed E-state index contributed by atoms with van der Waals surface area (Å²) in [5.41, 5.74) is 0.732. The Morgan fingerprint density at radius 2 is 1.86 bits per heavy atom. The lowest BCUT2D eigenvalue weighted by molar-refractivity contribution is 0.187. The second-order valence-electron chi connectivity index (χ2n) is 5.86. The minimum Gasteiger partial charge on any atom is -0.497 e. The summed E-state index contributed by atoms with van der Waals surface area (Å²) in [6.07, 6.45) is -0.758. The van der Waals surface area contributed by atoms with Gasteiger partial charge in [0.05, 0.1) is 26.3 Å². The van der Waals surface area contributed by atoms with Crippen LogP contribution in [-0.2, 0) is 0 Å². The molecule has 6 nitrogen and oxygen atoms in total. The predicted octanol–water partition coefficient (Wildman–Crippen LogP) is 3.26. The Hall–Kier alpha value is -2.14. The lowest BCUT2D eigenvalue weighted by Crippen LogP contribution is -2.39. The van der Waals surface area contributed by atoms with Gasteiger partial charge < -0.3 is 25.2 Å². The van der Waals surface area contributed by atoms with Gasteiger partial charge in [0, 0.05) is 12.6 Å². The molecule has 0 amide bonds. The largest absolute Gasteiger partial charge is 0.497 e. The average molecular weight is 521 g/mol. The molecule has 2 rings (SSSR count). The standard InChI is InChI=1S/C20H25F2N3O3.HI/c1-3-23-20(24-10-11-28-19-9-6-15(21)12-17(19)22)25-13-18(26)14-4-7-16(27-2)8-5-14;/h4-9,12,18,26H,3,10-11,13H2,1-2H3,(H2,23,24,25);1H. The van der Waals surface area contributed by atoms with Gasteiger partial charge in [-0.3, -0.25) is 4.99 Å². The van der Waals surface area contributed by atoms with Crippen molar-refractivity contribution < 1.29 is 23.4 Å². The summed E-state index contributed by atoms with van der Waals surface area (Å²) in [5.74, 6) is -0.200. The van der Waals surface area contributed by atoms with Gasteiger partial charge in [0.15, 0.2) is 17.5 Å². The molecule has 0 saturated heterocycles. The van der Waals surface area contributed by atoms with Crippen LogP contribution in [0.4, 0.5) is 8.78 Å². The lowest BCUT2D eigenvalue weighted by atomic mass is 10.1. The number of hydrogen-bond acceptors (Lipinski definition) is 4. The smallest absolute Gasteiger partial charge is 0.191 e. The first-order valence-electron chi connectivity index (χ1n) is 8.95. The third-order valence-electron chi connectivity index (χ3n) is 3.81. The number of ether oxygens (including phenoxy) is 2. The summed E-state index contributed by atoms with van der Waals surface area (Å²) in [4.78, 5) is 4.34. The second kappa shape index (κ2) is 13.2. The topological polar surface area (TPSA) is 75.1 Å². The van der Waals surface area contributed by atoms with E-state index in [-0.39, 0.29) is 42.9 Å². The SMILES string of the molecule is CCNC(=NCC(O)c1ccc(OC)cc1)NCCOc1ccc(F)cc1F.I. The molecule has 0 aliphatic heterocycles. The molecule has 160 valence electrons. The maximum atomic E-state index is 13.5. The highest BCUT2D eigenvalue weighted by molar-refractivity contribution is 14.0. The number of halogens is 3.